The van der Waals surface area contributed by atoms with E-state index in [9.17, 15) is 14.4 Å². The summed E-state index contributed by atoms with van der Waals surface area (Å²) in [6.07, 6.45) is 1.43. The lowest BCUT2D eigenvalue weighted by molar-refractivity contribution is 0.0946. The number of nitrogens with one attached hydrogen (secondary N) is 2. The van der Waals surface area contributed by atoms with Crippen molar-refractivity contribution < 1.29 is 4.79 Å². The molecule has 0 aliphatic carbocycles. The van der Waals surface area contributed by atoms with Crippen LogP contribution in [0.1, 0.15) is 16.2 Å². The fourth-order valence-electron chi connectivity index (χ4n) is 1.54. The van der Waals surface area contributed by atoms with E-state index in [4.69, 9.17) is 0 Å². The van der Waals surface area contributed by atoms with Crippen molar-refractivity contribution in [3.63, 3.8) is 0 Å². The van der Waals surface area contributed by atoms with Crippen LogP contribution in [-0.4, -0.2) is 32.2 Å². The van der Waals surface area contributed by atoms with Gasteiger partial charge in [0.2, 0.25) is 0 Å². The summed E-state index contributed by atoms with van der Waals surface area (Å²) in [5, 5.41) is 8.37. The third-order valence-electron chi connectivity index (χ3n) is 2.57. The fourth-order valence-corrected chi connectivity index (χ4v) is 1.54. The predicted molar refractivity (Wildman–Crippen MR) is 70.4 cm³/mol. The second-order valence-electron chi connectivity index (χ2n) is 4.12. The van der Waals surface area contributed by atoms with Gasteiger partial charge < -0.3 is 5.32 Å². The van der Waals surface area contributed by atoms with E-state index in [1.165, 1.54) is 29.1 Å². The number of carbonyl (C=O) groups is 1. The molecular formula is C12H13N5O3. The molecule has 1 amide bonds. The van der Waals surface area contributed by atoms with Crippen LogP contribution in [0.25, 0.3) is 0 Å². The Morgan fingerprint density at radius 1 is 1.40 bits per heavy atom. The zero-order chi connectivity index (χ0) is 14.5. The molecule has 2 aromatic rings. The number of aromatic amines is 1. The largest absolute Gasteiger partial charge is 0.349 e. The van der Waals surface area contributed by atoms with Crippen LogP contribution in [0.4, 0.5) is 0 Å². The SMILES string of the molecule is Cc1cc(=O)n(CCNC(=O)c2ccc(=O)[nH]n2)cn1. The van der Waals surface area contributed by atoms with Gasteiger partial charge >= 0.3 is 0 Å². The lowest BCUT2D eigenvalue weighted by Crippen LogP contribution is -2.31. The molecule has 0 atom stereocenters. The van der Waals surface area contributed by atoms with Gasteiger partial charge in [0.25, 0.3) is 17.0 Å². The van der Waals surface area contributed by atoms with Gasteiger partial charge in [-0.25, -0.2) is 10.1 Å². The summed E-state index contributed by atoms with van der Waals surface area (Å²) in [5.74, 6) is -0.422. The van der Waals surface area contributed by atoms with Gasteiger partial charge in [-0.15, -0.1) is 0 Å². The number of carbonyl (C=O) groups excluding carboxylic acids is 1. The lowest BCUT2D eigenvalue weighted by Gasteiger charge is -2.06. The molecule has 0 spiro atoms. The van der Waals surface area contributed by atoms with Crippen LogP contribution in [0.5, 0.6) is 0 Å². The minimum atomic E-state index is -0.422. The monoisotopic (exact) mass is 275 g/mol. The standard InChI is InChI=1S/C12H13N5O3/c1-8-6-11(19)17(7-14-8)5-4-13-12(20)9-2-3-10(18)16-15-9/h2-3,6-7H,4-5H2,1H3,(H,13,20)(H,16,18). The summed E-state index contributed by atoms with van der Waals surface area (Å²) in [5.41, 5.74) is 0.208. The molecule has 2 heterocycles. The molecule has 8 heteroatoms. The number of aromatic nitrogens is 4. The van der Waals surface area contributed by atoms with Gasteiger partial charge in [-0.05, 0) is 13.0 Å². The number of amides is 1. The molecule has 8 nitrogen and oxygen atoms in total. The van der Waals surface area contributed by atoms with Crippen molar-refractivity contribution in [3.05, 3.63) is 56.6 Å². The Morgan fingerprint density at radius 3 is 2.85 bits per heavy atom. The van der Waals surface area contributed by atoms with Crippen LogP contribution >= 0.6 is 0 Å². The third kappa shape index (κ3) is 3.37. The van der Waals surface area contributed by atoms with E-state index in [1.807, 2.05) is 0 Å². The zero-order valence-electron chi connectivity index (χ0n) is 10.8. The molecule has 0 radical (unpaired) electrons. The average molecular weight is 275 g/mol. The van der Waals surface area contributed by atoms with E-state index in [0.29, 0.717) is 12.2 Å². The van der Waals surface area contributed by atoms with E-state index in [-0.39, 0.29) is 23.4 Å². The summed E-state index contributed by atoms with van der Waals surface area (Å²) in [6, 6.07) is 3.97. The van der Waals surface area contributed by atoms with Gasteiger partial charge in [0.15, 0.2) is 0 Å². The van der Waals surface area contributed by atoms with Crippen molar-refractivity contribution in [2.45, 2.75) is 13.5 Å². The highest BCUT2D eigenvalue weighted by atomic mass is 16.2. The normalized spacial score (nSPS) is 10.2. The highest BCUT2D eigenvalue weighted by Crippen LogP contribution is 1.89. The van der Waals surface area contributed by atoms with E-state index in [1.54, 1.807) is 6.92 Å². The van der Waals surface area contributed by atoms with Gasteiger partial charge in [-0.3, -0.25) is 19.0 Å². The van der Waals surface area contributed by atoms with Gasteiger partial charge in [0, 0.05) is 30.9 Å². The van der Waals surface area contributed by atoms with Crippen molar-refractivity contribution in [2.24, 2.45) is 0 Å². The van der Waals surface area contributed by atoms with Gasteiger partial charge in [-0.1, -0.05) is 0 Å². The van der Waals surface area contributed by atoms with E-state index in [2.05, 4.69) is 20.5 Å². The maximum atomic E-state index is 11.7. The topological polar surface area (TPSA) is 110 Å². The third-order valence-corrected chi connectivity index (χ3v) is 2.57. The van der Waals surface area contributed by atoms with Gasteiger partial charge in [0.1, 0.15) is 5.69 Å². The Bertz CT molecular complexity index is 714. The number of H-pyrrole nitrogens is 1. The fraction of sp³-hybridized carbons (Fsp3) is 0.250. The quantitative estimate of drug-likeness (QED) is 0.748. The molecule has 2 aromatic heterocycles. The first kappa shape index (κ1) is 13.7. The molecule has 2 rings (SSSR count). The van der Waals surface area contributed by atoms with Crippen LogP contribution in [0.2, 0.25) is 0 Å². The molecule has 104 valence electrons. The summed E-state index contributed by atoms with van der Waals surface area (Å²) in [7, 11) is 0. The molecule has 0 aliphatic heterocycles. The van der Waals surface area contributed by atoms with Crippen molar-refractivity contribution in [3.8, 4) is 0 Å². The number of rotatable bonds is 4. The van der Waals surface area contributed by atoms with Crippen molar-refractivity contribution in [1.29, 1.82) is 0 Å². The Hall–Kier alpha value is -2.77. The molecule has 0 saturated carbocycles. The molecule has 20 heavy (non-hydrogen) atoms. The first-order valence-corrected chi connectivity index (χ1v) is 5.93. The molecular weight excluding hydrogens is 262 g/mol. The number of nitrogens with zero attached hydrogens (tertiary/aromatic N) is 3. The summed E-state index contributed by atoms with van der Waals surface area (Å²) in [6.45, 7) is 2.29. The smallest absolute Gasteiger partial charge is 0.271 e. The number of aryl methyl sites for hydroxylation is 1. The second kappa shape index (κ2) is 5.91. The van der Waals surface area contributed by atoms with Crippen LogP contribution < -0.4 is 16.4 Å². The highest BCUT2D eigenvalue weighted by molar-refractivity contribution is 5.91. The summed E-state index contributed by atoms with van der Waals surface area (Å²) in [4.78, 5) is 38.1. The van der Waals surface area contributed by atoms with E-state index in [0.717, 1.165) is 0 Å². The first-order chi connectivity index (χ1) is 9.56. The first-order valence-electron chi connectivity index (χ1n) is 5.93. The molecule has 0 aromatic carbocycles. The summed E-state index contributed by atoms with van der Waals surface area (Å²) < 4.78 is 1.40. The predicted octanol–water partition coefficient (Wildman–Crippen LogP) is -0.935. The van der Waals surface area contributed by atoms with E-state index >= 15 is 0 Å². The van der Waals surface area contributed by atoms with Gasteiger partial charge in [-0.2, -0.15) is 5.10 Å². The van der Waals surface area contributed by atoms with Crippen molar-refractivity contribution in [2.75, 3.05) is 6.54 Å². The number of hydrogen-bond donors (Lipinski definition) is 2. The maximum absolute atomic E-state index is 11.7. The maximum Gasteiger partial charge on any atom is 0.271 e. The lowest BCUT2D eigenvalue weighted by atomic mass is 10.3. The minimum Gasteiger partial charge on any atom is -0.349 e. The molecule has 0 fully saturated rings. The highest BCUT2D eigenvalue weighted by Gasteiger charge is 2.06. The molecule has 2 N–H and O–H groups in total. The molecule has 0 saturated heterocycles. The molecule has 0 aliphatic rings. The Morgan fingerprint density at radius 2 is 2.20 bits per heavy atom. The summed E-state index contributed by atoms with van der Waals surface area (Å²) >= 11 is 0. The Balaban J connectivity index is 1.92. The molecule has 0 unspecified atom stereocenters. The van der Waals surface area contributed by atoms with Crippen molar-refractivity contribution >= 4 is 5.91 Å². The Kier molecular flexibility index (Phi) is 4.04. The van der Waals surface area contributed by atoms with E-state index < -0.39 is 5.91 Å². The van der Waals surface area contributed by atoms with Crippen LogP contribution in [0.15, 0.2) is 34.1 Å². The Labute approximate surface area is 113 Å². The zero-order valence-corrected chi connectivity index (χ0v) is 10.8. The minimum absolute atomic E-state index is 0.110. The van der Waals surface area contributed by atoms with Crippen LogP contribution in [0, 0.1) is 6.92 Å². The van der Waals surface area contributed by atoms with Crippen LogP contribution in [-0.2, 0) is 6.54 Å². The van der Waals surface area contributed by atoms with Crippen molar-refractivity contribution in [1.82, 2.24) is 25.1 Å². The van der Waals surface area contributed by atoms with Gasteiger partial charge in [0.05, 0.1) is 6.33 Å². The average Bonchev–Trinajstić information content (AvgIpc) is 2.42. The molecule has 0 bridgehead atoms. The van der Waals surface area contributed by atoms with Crippen LogP contribution in [0.3, 0.4) is 0 Å². The second-order valence-corrected chi connectivity index (χ2v) is 4.12. The number of hydrogen-bond acceptors (Lipinski definition) is 5.